The molecule has 4 aromatic rings. The van der Waals surface area contributed by atoms with Crippen molar-refractivity contribution in [3.05, 3.63) is 84.2 Å². The van der Waals surface area contributed by atoms with Gasteiger partial charge in [-0.15, -0.1) is 0 Å². The van der Waals surface area contributed by atoms with Crippen molar-refractivity contribution < 1.29 is 14.3 Å². The molecular formula is C27H27N5O3. The van der Waals surface area contributed by atoms with Gasteiger partial charge in [0.05, 0.1) is 25.8 Å². The average molecular weight is 470 g/mol. The number of rotatable bonds is 7. The summed E-state index contributed by atoms with van der Waals surface area (Å²) < 4.78 is 10.7. The van der Waals surface area contributed by atoms with Crippen LogP contribution in [-0.2, 0) is 11.3 Å². The van der Waals surface area contributed by atoms with Crippen LogP contribution in [0.25, 0.3) is 10.9 Å². The van der Waals surface area contributed by atoms with Gasteiger partial charge in [0, 0.05) is 42.0 Å². The zero-order valence-electron chi connectivity index (χ0n) is 19.5. The highest BCUT2D eigenvalue weighted by atomic mass is 16.5. The fraction of sp³-hybridized carbons (Fsp3) is 0.222. The number of anilines is 3. The number of benzene rings is 3. The number of hydrogen-bond acceptors (Lipinski definition) is 7. The van der Waals surface area contributed by atoms with Crippen LogP contribution in [0.15, 0.2) is 73.1 Å². The molecule has 178 valence electrons. The van der Waals surface area contributed by atoms with E-state index in [1.165, 1.54) is 12.0 Å². The normalized spacial score (nSPS) is 13.5. The van der Waals surface area contributed by atoms with E-state index in [1.807, 2.05) is 48.5 Å². The van der Waals surface area contributed by atoms with Crippen molar-refractivity contribution in [2.75, 3.05) is 43.6 Å². The molecule has 0 atom stereocenters. The Kier molecular flexibility index (Phi) is 6.72. The number of nitrogens with one attached hydrogen (secondary N) is 2. The zero-order valence-corrected chi connectivity index (χ0v) is 19.5. The maximum absolute atomic E-state index is 12.9. The van der Waals surface area contributed by atoms with Crippen LogP contribution in [0.5, 0.6) is 5.75 Å². The number of amides is 1. The molecule has 2 heterocycles. The summed E-state index contributed by atoms with van der Waals surface area (Å²) in [7, 11) is 1.62. The monoisotopic (exact) mass is 469 g/mol. The van der Waals surface area contributed by atoms with Gasteiger partial charge in [0.1, 0.15) is 17.9 Å². The number of morpholine rings is 1. The molecule has 8 heteroatoms. The molecule has 1 saturated heterocycles. The van der Waals surface area contributed by atoms with Gasteiger partial charge in [0.15, 0.2) is 0 Å². The highest BCUT2D eigenvalue weighted by Crippen LogP contribution is 2.26. The topological polar surface area (TPSA) is 88.6 Å². The number of fused-ring (bicyclic) bond motifs is 1. The predicted molar refractivity (Wildman–Crippen MR) is 136 cm³/mol. The summed E-state index contributed by atoms with van der Waals surface area (Å²) in [6.07, 6.45) is 1.52. The molecule has 1 aromatic heterocycles. The Bertz CT molecular complexity index is 1320. The predicted octanol–water partition coefficient (Wildman–Crippen LogP) is 4.15. The molecule has 0 bridgehead atoms. The molecule has 1 aliphatic rings. The molecule has 8 nitrogen and oxygen atoms in total. The van der Waals surface area contributed by atoms with E-state index in [1.54, 1.807) is 13.2 Å². The first-order chi connectivity index (χ1) is 17.2. The van der Waals surface area contributed by atoms with Gasteiger partial charge in [-0.3, -0.25) is 4.79 Å². The fourth-order valence-corrected chi connectivity index (χ4v) is 4.08. The Morgan fingerprint density at radius 1 is 1.03 bits per heavy atom. The lowest BCUT2D eigenvalue weighted by atomic mass is 10.1. The Hall–Kier alpha value is -4.17. The summed E-state index contributed by atoms with van der Waals surface area (Å²) in [5.74, 6) is 1.24. The van der Waals surface area contributed by atoms with E-state index in [9.17, 15) is 4.79 Å². The second-order valence-electron chi connectivity index (χ2n) is 8.26. The third-order valence-corrected chi connectivity index (χ3v) is 5.99. The minimum absolute atomic E-state index is 0.167. The quantitative estimate of drug-likeness (QED) is 0.420. The number of nitrogens with zero attached hydrogens (tertiary/aromatic N) is 3. The molecule has 3 aromatic carbocycles. The van der Waals surface area contributed by atoms with E-state index in [4.69, 9.17) is 9.47 Å². The van der Waals surface area contributed by atoms with Crippen LogP contribution < -0.4 is 20.3 Å². The summed E-state index contributed by atoms with van der Waals surface area (Å²) in [4.78, 5) is 24.0. The smallest absolute Gasteiger partial charge is 0.251 e. The molecule has 0 unspecified atom stereocenters. The van der Waals surface area contributed by atoms with Crippen LogP contribution in [0.2, 0.25) is 0 Å². The maximum Gasteiger partial charge on any atom is 0.251 e. The zero-order chi connectivity index (χ0) is 24.0. The van der Waals surface area contributed by atoms with E-state index in [2.05, 4.69) is 37.6 Å². The van der Waals surface area contributed by atoms with Crippen LogP contribution in [0.3, 0.4) is 0 Å². The summed E-state index contributed by atoms with van der Waals surface area (Å²) >= 11 is 0. The lowest BCUT2D eigenvalue weighted by Gasteiger charge is -2.28. The summed E-state index contributed by atoms with van der Waals surface area (Å²) in [6.45, 7) is 3.70. The number of hydrogen-bond donors (Lipinski definition) is 2. The molecule has 0 spiro atoms. The van der Waals surface area contributed by atoms with Crippen molar-refractivity contribution in [1.29, 1.82) is 0 Å². The minimum Gasteiger partial charge on any atom is -0.497 e. The van der Waals surface area contributed by atoms with E-state index in [-0.39, 0.29) is 5.91 Å². The van der Waals surface area contributed by atoms with E-state index in [0.717, 1.165) is 54.2 Å². The molecule has 2 N–H and O–H groups in total. The Morgan fingerprint density at radius 3 is 2.66 bits per heavy atom. The van der Waals surface area contributed by atoms with Gasteiger partial charge < -0.3 is 25.0 Å². The number of carbonyl (C=O) groups excluding carboxylic acids is 1. The van der Waals surface area contributed by atoms with E-state index < -0.39 is 0 Å². The number of carbonyl (C=O) groups is 1. The van der Waals surface area contributed by atoms with Gasteiger partial charge in [0.25, 0.3) is 5.91 Å². The van der Waals surface area contributed by atoms with Crippen LogP contribution in [-0.4, -0.2) is 49.3 Å². The van der Waals surface area contributed by atoms with Gasteiger partial charge in [-0.2, -0.15) is 0 Å². The molecule has 0 radical (unpaired) electrons. The van der Waals surface area contributed by atoms with Crippen LogP contribution in [0.1, 0.15) is 15.9 Å². The van der Waals surface area contributed by atoms with Gasteiger partial charge in [-0.25, -0.2) is 9.97 Å². The van der Waals surface area contributed by atoms with Crippen LogP contribution in [0.4, 0.5) is 17.2 Å². The molecule has 1 fully saturated rings. The Balaban J connectivity index is 1.31. The first-order valence-corrected chi connectivity index (χ1v) is 11.6. The number of aromatic nitrogens is 2. The Morgan fingerprint density at radius 2 is 1.86 bits per heavy atom. The highest BCUT2D eigenvalue weighted by Gasteiger charge is 2.13. The molecule has 35 heavy (non-hydrogen) atoms. The molecule has 5 rings (SSSR count). The van der Waals surface area contributed by atoms with Crippen LogP contribution in [0, 0.1) is 0 Å². The van der Waals surface area contributed by atoms with Gasteiger partial charge in [0.2, 0.25) is 0 Å². The molecular weight excluding hydrogens is 442 g/mol. The third-order valence-electron chi connectivity index (χ3n) is 5.99. The van der Waals surface area contributed by atoms with Crippen molar-refractivity contribution in [3.63, 3.8) is 0 Å². The van der Waals surface area contributed by atoms with E-state index in [0.29, 0.717) is 17.9 Å². The SMILES string of the molecule is COc1cccc(CNC(=O)c2ccc3ncnc(Nc4ccc(N5CCOCC5)cc4)c3c2)c1. The van der Waals surface area contributed by atoms with Gasteiger partial charge in [-0.05, 0) is 60.2 Å². The first-order valence-electron chi connectivity index (χ1n) is 11.6. The standard InChI is InChI=1S/C27H27N5O3/c1-34-23-4-2-3-19(15-23)17-28-27(33)20-5-10-25-24(16-20)26(30-18-29-25)31-21-6-8-22(9-7-21)32-11-13-35-14-12-32/h2-10,15-16,18H,11-14,17H2,1H3,(H,28,33)(H,29,30,31). The third kappa shape index (κ3) is 5.33. The first kappa shape index (κ1) is 22.6. The lowest BCUT2D eigenvalue weighted by molar-refractivity contribution is 0.0951. The minimum atomic E-state index is -0.167. The fourth-order valence-electron chi connectivity index (χ4n) is 4.08. The van der Waals surface area contributed by atoms with Crippen molar-refractivity contribution in [2.24, 2.45) is 0 Å². The summed E-state index contributed by atoms with van der Waals surface area (Å²) in [6, 6.07) is 21.3. The Labute approximate surface area is 203 Å². The second-order valence-corrected chi connectivity index (χ2v) is 8.26. The molecule has 1 amide bonds. The summed E-state index contributed by atoms with van der Waals surface area (Å²) in [5.41, 5.74) is 4.35. The molecule has 0 saturated carbocycles. The second kappa shape index (κ2) is 10.4. The number of ether oxygens (including phenoxy) is 2. The molecule has 1 aliphatic heterocycles. The van der Waals surface area contributed by atoms with Gasteiger partial charge >= 0.3 is 0 Å². The average Bonchev–Trinajstić information content (AvgIpc) is 2.92. The van der Waals surface area contributed by atoms with Crippen molar-refractivity contribution in [3.8, 4) is 5.75 Å². The maximum atomic E-state index is 12.9. The number of methoxy groups -OCH3 is 1. The summed E-state index contributed by atoms with van der Waals surface area (Å²) in [5, 5.41) is 7.12. The van der Waals surface area contributed by atoms with Crippen LogP contribution >= 0.6 is 0 Å². The molecule has 0 aliphatic carbocycles. The van der Waals surface area contributed by atoms with Crippen molar-refractivity contribution in [1.82, 2.24) is 15.3 Å². The largest absolute Gasteiger partial charge is 0.497 e. The lowest BCUT2D eigenvalue weighted by Crippen LogP contribution is -2.36. The van der Waals surface area contributed by atoms with Crippen molar-refractivity contribution >= 4 is 34.0 Å². The van der Waals surface area contributed by atoms with E-state index >= 15 is 0 Å². The van der Waals surface area contributed by atoms with Crippen molar-refractivity contribution in [2.45, 2.75) is 6.54 Å². The highest BCUT2D eigenvalue weighted by molar-refractivity contribution is 6.00. The van der Waals surface area contributed by atoms with Gasteiger partial charge in [-0.1, -0.05) is 12.1 Å².